The Hall–Kier alpha value is -2.11. The number of hydrogen-bond acceptors (Lipinski definition) is 4. The first kappa shape index (κ1) is 13.0. The lowest BCUT2D eigenvalue weighted by molar-refractivity contribution is -0.122. The molecule has 1 unspecified atom stereocenters. The fraction of sp³-hybridized carbons (Fsp3) is 0.364. The lowest BCUT2D eigenvalue weighted by atomic mass is 10.1. The molecule has 0 aliphatic heterocycles. The van der Waals surface area contributed by atoms with Gasteiger partial charge in [-0.05, 0) is 31.0 Å². The van der Waals surface area contributed by atoms with Crippen LogP contribution in [0.1, 0.15) is 18.1 Å². The average Bonchev–Trinajstić information content (AvgIpc) is 2.35. The number of oxime groups is 1. The van der Waals surface area contributed by atoms with Crippen LogP contribution in [0.15, 0.2) is 23.6 Å². The highest BCUT2D eigenvalue weighted by Gasteiger charge is 2.17. The first-order valence-corrected chi connectivity index (χ1v) is 5.21. The van der Waals surface area contributed by atoms with E-state index in [9.17, 15) is 4.79 Å². The van der Waals surface area contributed by atoms with Gasteiger partial charge in [-0.2, -0.15) is 0 Å². The molecule has 92 valence electrons. The second-order valence-electron chi connectivity index (χ2n) is 3.77. The maximum Gasteiger partial charge on any atom is 0.230 e. The van der Waals surface area contributed by atoms with Gasteiger partial charge in [0.25, 0.3) is 0 Å². The Morgan fingerprint density at radius 3 is 3.00 bits per heavy atom. The molecule has 1 heterocycles. The number of aromatic nitrogens is 1. The molecular formula is C11H16N4O2. The number of carbonyl (C=O) groups excluding carboxylic acids is 1. The molecule has 4 N–H and O–H groups in total. The van der Waals surface area contributed by atoms with E-state index in [1.807, 2.05) is 13.0 Å². The van der Waals surface area contributed by atoms with Gasteiger partial charge < -0.3 is 16.3 Å². The van der Waals surface area contributed by atoms with Crippen molar-refractivity contribution in [1.29, 1.82) is 0 Å². The summed E-state index contributed by atoms with van der Waals surface area (Å²) < 4.78 is 0. The summed E-state index contributed by atoms with van der Waals surface area (Å²) in [4.78, 5) is 15.6. The molecule has 17 heavy (non-hydrogen) atoms. The third-order valence-corrected chi connectivity index (χ3v) is 2.55. The van der Waals surface area contributed by atoms with Gasteiger partial charge in [0.2, 0.25) is 5.91 Å². The molecule has 0 saturated heterocycles. The molecule has 1 atom stereocenters. The van der Waals surface area contributed by atoms with Crippen LogP contribution in [-0.2, 0) is 11.3 Å². The van der Waals surface area contributed by atoms with Crippen molar-refractivity contribution in [1.82, 2.24) is 10.3 Å². The van der Waals surface area contributed by atoms with Gasteiger partial charge in [-0.1, -0.05) is 5.16 Å². The van der Waals surface area contributed by atoms with E-state index in [2.05, 4.69) is 15.5 Å². The molecule has 1 rings (SSSR count). The van der Waals surface area contributed by atoms with Crippen molar-refractivity contribution in [2.24, 2.45) is 16.8 Å². The summed E-state index contributed by atoms with van der Waals surface area (Å²) in [6.07, 6.45) is 3.39. The third-order valence-electron chi connectivity index (χ3n) is 2.55. The summed E-state index contributed by atoms with van der Waals surface area (Å²) >= 11 is 0. The van der Waals surface area contributed by atoms with Gasteiger partial charge in [-0.3, -0.25) is 9.78 Å². The number of nitrogens with two attached hydrogens (primary N) is 1. The summed E-state index contributed by atoms with van der Waals surface area (Å²) in [6.45, 7) is 3.89. The minimum Gasteiger partial charge on any atom is -0.409 e. The van der Waals surface area contributed by atoms with E-state index >= 15 is 0 Å². The molecule has 1 aromatic heterocycles. The van der Waals surface area contributed by atoms with Crippen LogP contribution in [0.5, 0.6) is 0 Å². The monoisotopic (exact) mass is 236 g/mol. The van der Waals surface area contributed by atoms with Crippen molar-refractivity contribution >= 4 is 11.7 Å². The number of aryl methyl sites for hydroxylation is 1. The van der Waals surface area contributed by atoms with Gasteiger partial charge in [0.1, 0.15) is 0 Å². The summed E-state index contributed by atoms with van der Waals surface area (Å²) in [5, 5.41) is 14.0. The zero-order chi connectivity index (χ0) is 12.8. The molecule has 0 radical (unpaired) electrons. The van der Waals surface area contributed by atoms with Crippen LogP contribution < -0.4 is 11.1 Å². The molecule has 0 aliphatic rings. The number of hydrogen-bond donors (Lipinski definition) is 3. The van der Waals surface area contributed by atoms with Gasteiger partial charge in [-0.25, -0.2) is 0 Å². The summed E-state index contributed by atoms with van der Waals surface area (Å²) in [7, 11) is 0. The van der Waals surface area contributed by atoms with Gasteiger partial charge >= 0.3 is 0 Å². The zero-order valence-electron chi connectivity index (χ0n) is 9.84. The Kier molecular flexibility index (Phi) is 4.45. The molecule has 0 saturated carbocycles. The lowest BCUT2D eigenvalue weighted by Crippen LogP contribution is -2.36. The van der Waals surface area contributed by atoms with Crippen molar-refractivity contribution in [2.75, 3.05) is 0 Å². The van der Waals surface area contributed by atoms with Crippen LogP contribution in [0.2, 0.25) is 0 Å². The molecule has 0 spiro atoms. The number of amidine groups is 1. The van der Waals surface area contributed by atoms with Crippen LogP contribution in [0.4, 0.5) is 0 Å². The molecule has 0 fully saturated rings. The summed E-state index contributed by atoms with van der Waals surface area (Å²) in [5.41, 5.74) is 7.33. The molecule has 6 heteroatoms. The highest BCUT2D eigenvalue weighted by atomic mass is 16.4. The Labute approximate surface area is 99.5 Å². The number of nitrogens with zero attached hydrogens (tertiary/aromatic N) is 2. The highest BCUT2D eigenvalue weighted by Crippen LogP contribution is 2.04. The maximum absolute atomic E-state index is 11.6. The normalized spacial score (nSPS) is 13.2. The predicted molar refractivity (Wildman–Crippen MR) is 63.4 cm³/mol. The standard InChI is InChI=1S/C11H16N4O2/c1-7-3-4-13-5-9(7)6-14-11(16)8(2)10(12)15-17/h3-5,8,17H,6H2,1-2H3,(H2,12,15)(H,14,16). The number of rotatable bonds is 4. The van der Waals surface area contributed by atoms with Crippen LogP contribution in [-0.4, -0.2) is 21.9 Å². The Morgan fingerprint density at radius 1 is 1.71 bits per heavy atom. The van der Waals surface area contributed by atoms with Crippen molar-refractivity contribution in [3.05, 3.63) is 29.6 Å². The fourth-order valence-electron chi connectivity index (χ4n) is 1.24. The van der Waals surface area contributed by atoms with Crippen LogP contribution in [0, 0.1) is 12.8 Å². The van der Waals surface area contributed by atoms with Crippen molar-refractivity contribution in [3.8, 4) is 0 Å². The second-order valence-corrected chi connectivity index (χ2v) is 3.77. The summed E-state index contributed by atoms with van der Waals surface area (Å²) in [6, 6.07) is 1.87. The zero-order valence-corrected chi connectivity index (χ0v) is 9.84. The Morgan fingerprint density at radius 2 is 2.41 bits per heavy atom. The van der Waals surface area contributed by atoms with Gasteiger partial charge in [0, 0.05) is 18.9 Å². The number of pyridine rings is 1. The molecular weight excluding hydrogens is 220 g/mol. The van der Waals surface area contributed by atoms with Crippen LogP contribution in [0.25, 0.3) is 0 Å². The van der Waals surface area contributed by atoms with E-state index < -0.39 is 5.92 Å². The van der Waals surface area contributed by atoms with Crippen molar-refractivity contribution in [3.63, 3.8) is 0 Å². The molecule has 0 aliphatic carbocycles. The first-order chi connectivity index (χ1) is 8.06. The minimum atomic E-state index is -0.656. The van der Waals surface area contributed by atoms with Crippen molar-refractivity contribution in [2.45, 2.75) is 20.4 Å². The SMILES string of the molecule is Cc1ccncc1CNC(=O)C(C)/C(N)=N/O. The van der Waals surface area contributed by atoms with Gasteiger partial charge in [-0.15, -0.1) is 0 Å². The first-order valence-electron chi connectivity index (χ1n) is 5.21. The maximum atomic E-state index is 11.6. The fourth-order valence-corrected chi connectivity index (χ4v) is 1.24. The molecule has 0 bridgehead atoms. The van der Waals surface area contributed by atoms with E-state index in [1.54, 1.807) is 19.3 Å². The van der Waals surface area contributed by atoms with E-state index in [0.29, 0.717) is 6.54 Å². The van der Waals surface area contributed by atoms with Crippen molar-refractivity contribution < 1.29 is 10.0 Å². The Balaban J connectivity index is 2.57. The van der Waals surface area contributed by atoms with E-state index in [1.165, 1.54) is 0 Å². The quantitative estimate of drug-likeness (QED) is 0.304. The number of carbonyl (C=O) groups is 1. The van der Waals surface area contributed by atoms with E-state index in [4.69, 9.17) is 10.9 Å². The van der Waals surface area contributed by atoms with Crippen LogP contribution in [0.3, 0.4) is 0 Å². The second kappa shape index (κ2) is 5.83. The molecule has 0 aromatic carbocycles. The third kappa shape index (κ3) is 3.44. The van der Waals surface area contributed by atoms with Crippen LogP contribution >= 0.6 is 0 Å². The van der Waals surface area contributed by atoms with Gasteiger partial charge in [0.15, 0.2) is 5.84 Å². The van der Waals surface area contributed by atoms with Gasteiger partial charge in [0.05, 0.1) is 5.92 Å². The van der Waals surface area contributed by atoms with E-state index in [-0.39, 0.29) is 11.7 Å². The smallest absolute Gasteiger partial charge is 0.230 e. The van der Waals surface area contributed by atoms with E-state index in [0.717, 1.165) is 11.1 Å². The minimum absolute atomic E-state index is 0.106. The molecule has 6 nitrogen and oxygen atoms in total. The Bertz CT molecular complexity index is 431. The average molecular weight is 236 g/mol. The lowest BCUT2D eigenvalue weighted by Gasteiger charge is -2.11. The topological polar surface area (TPSA) is 101 Å². The number of nitrogens with one attached hydrogen (secondary N) is 1. The molecule has 1 aromatic rings. The molecule has 1 amide bonds. The summed E-state index contributed by atoms with van der Waals surface area (Å²) in [5.74, 6) is -1.05. The highest BCUT2D eigenvalue weighted by molar-refractivity contribution is 6.01. The number of amides is 1. The largest absolute Gasteiger partial charge is 0.409 e. The predicted octanol–water partition coefficient (Wildman–Crippen LogP) is 0.389.